The number of fused-ring (bicyclic) bond motifs is 2. The second-order valence-electron chi connectivity index (χ2n) is 17.0. The van der Waals surface area contributed by atoms with Gasteiger partial charge in [0.25, 0.3) is 0 Å². The van der Waals surface area contributed by atoms with E-state index in [-0.39, 0.29) is 50.8 Å². The SMILES string of the molecule is C=CCO[C@@]12Oc3ccc(Oc4ccc(-c5ccccc5)cc4)cc3[C@H]3[C@H](CCCCO)[C@@H](CCCCO)C=C(C(=NOCC)C[C@@H]1N(CCC)C(=O)OCCOCc1ccccc1)[C@H]32. The maximum Gasteiger partial charge on any atom is 0.410 e. The molecule has 6 atom stereocenters. The van der Waals surface area contributed by atoms with Gasteiger partial charge in [0.2, 0.25) is 5.79 Å². The number of aliphatic hydroxyl groups excluding tert-OH is 2. The first kappa shape index (κ1) is 47.5. The van der Waals surface area contributed by atoms with Gasteiger partial charge in [-0.25, -0.2) is 4.79 Å². The molecule has 65 heavy (non-hydrogen) atoms. The van der Waals surface area contributed by atoms with Gasteiger partial charge >= 0.3 is 6.09 Å². The Morgan fingerprint density at radius 2 is 1.58 bits per heavy atom. The van der Waals surface area contributed by atoms with E-state index in [0.29, 0.717) is 62.7 Å². The topological polar surface area (TPSA) is 129 Å². The largest absolute Gasteiger partial charge is 0.459 e. The Kier molecular flexibility index (Phi) is 17.3. The summed E-state index contributed by atoms with van der Waals surface area (Å²) in [5, 5.41) is 24.7. The minimum Gasteiger partial charge on any atom is -0.459 e. The van der Waals surface area contributed by atoms with Gasteiger partial charge in [0.05, 0.1) is 31.5 Å². The number of nitrogens with zero attached hydrogens (tertiary/aromatic N) is 2. The van der Waals surface area contributed by atoms with Crippen LogP contribution in [0.5, 0.6) is 17.2 Å². The maximum atomic E-state index is 14.5. The number of carbonyl (C=O) groups is 1. The third-order valence-electron chi connectivity index (χ3n) is 12.8. The summed E-state index contributed by atoms with van der Waals surface area (Å²) < 4.78 is 33.0. The molecule has 3 aliphatic rings. The fourth-order valence-electron chi connectivity index (χ4n) is 9.99. The van der Waals surface area contributed by atoms with Crippen LogP contribution < -0.4 is 9.47 Å². The van der Waals surface area contributed by atoms with Crippen molar-refractivity contribution in [2.75, 3.05) is 46.2 Å². The Morgan fingerprint density at radius 1 is 0.877 bits per heavy atom. The van der Waals surface area contributed by atoms with Crippen molar-refractivity contribution in [1.82, 2.24) is 4.90 Å². The van der Waals surface area contributed by atoms with Crippen molar-refractivity contribution in [3.8, 4) is 28.4 Å². The van der Waals surface area contributed by atoms with E-state index in [9.17, 15) is 15.0 Å². The normalized spacial score (nSPS) is 22.5. The Labute approximate surface area is 384 Å². The van der Waals surface area contributed by atoms with E-state index >= 15 is 0 Å². The fourth-order valence-corrected chi connectivity index (χ4v) is 9.99. The van der Waals surface area contributed by atoms with Gasteiger partial charge in [0.15, 0.2) is 0 Å². The molecule has 0 aromatic heterocycles. The molecule has 1 aliphatic heterocycles. The van der Waals surface area contributed by atoms with Crippen LogP contribution in [0.4, 0.5) is 4.79 Å². The third-order valence-corrected chi connectivity index (χ3v) is 12.8. The van der Waals surface area contributed by atoms with Crippen LogP contribution in [0, 0.1) is 17.8 Å². The molecule has 1 amide bonds. The second kappa shape index (κ2) is 23.6. The molecule has 2 aliphatic carbocycles. The molecular weight excluding hydrogens is 821 g/mol. The van der Waals surface area contributed by atoms with Crippen LogP contribution in [0.25, 0.3) is 11.1 Å². The first-order valence-electron chi connectivity index (χ1n) is 23.5. The van der Waals surface area contributed by atoms with E-state index < -0.39 is 23.8 Å². The van der Waals surface area contributed by atoms with Gasteiger partial charge in [0.1, 0.15) is 36.5 Å². The summed E-state index contributed by atoms with van der Waals surface area (Å²) in [6.45, 7) is 9.83. The minimum atomic E-state index is -1.39. The highest BCUT2D eigenvalue weighted by molar-refractivity contribution is 6.03. The number of aliphatic hydroxyl groups is 2. The summed E-state index contributed by atoms with van der Waals surface area (Å²) in [6, 6.07) is 33.6. The number of hydrogen-bond donors (Lipinski definition) is 2. The number of ether oxygens (including phenoxy) is 5. The van der Waals surface area contributed by atoms with E-state index in [2.05, 4.69) is 43.0 Å². The quantitative estimate of drug-likeness (QED) is 0.0401. The lowest BCUT2D eigenvalue weighted by Crippen LogP contribution is -2.70. The van der Waals surface area contributed by atoms with Crippen molar-refractivity contribution in [2.45, 2.75) is 89.6 Å². The molecule has 0 unspecified atom stereocenters. The summed E-state index contributed by atoms with van der Waals surface area (Å²) in [5.74, 6) is 0.186. The molecule has 0 saturated heterocycles. The summed E-state index contributed by atoms with van der Waals surface area (Å²) in [4.78, 5) is 22.1. The summed E-state index contributed by atoms with van der Waals surface area (Å²) >= 11 is 0. The molecule has 1 fully saturated rings. The van der Waals surface area contributed by atoms with E-state index in [1.54, 1.807) is 11.0 Å². The summed E-state index contributed by atoms with van der Waals surface area (Å²) in [7, 11) is 0. The number of benzene rings is 4. The highest BCUT2D eigenvalue weighted by Gasteiger charge is 2.65. The van der Waals surface area contributed by atoms with Crippen LogP contribution in [0.1, 0.15) is 82.3 Å². The lowest BCUT2D eigenvalue weighted by atomic mass is 9.55. The van der Waals surface area contributed by atoms with Gasteiger partial charge in [-0.05, 0) is 103 Å². The van der Waals surface area contributed by atoms with Crippen molar-refractivity contribution in [3.63, 3.8) is 0 Å². The molecule has 11 heteroatoms. The van der Waals surface area contributed by atoms with E-state index in [1.807, 2.05) is 86.6 Å². The minimum absolute atomic E-state index is 0.0696. The van der Waals surface area contributed by atoms with Crippen LogP contribution >= 0.6 is 0 Å². The predicted octanol–water partition coefficient (Wildman–Crippen LogP) is 10.9. The average molecular weight is 887 g/mol. The molecule has 11 nitrogen and oxygen atoms in total. The van der Waals surface area contributed by atoms with E-state index in [4.69, 9.17) is 33.7 Å². The summed E-state index contributed by atoms with van der Waals surface area (Å²) in [5.41, 5.74) is 5.96. The molecule has 0 bridgehead atoms. The zero-order valence-electron chi connectivity index (χ0n) is 38.0. The number of allylic oxidation sites excluding steroid dienone is 1. The fraction of sp³-hybridized carbons (Fsp3) is 0.444. The predicted molar refractivity (Wildman–Crippen MR) is 253 cm³/mol. The molecule has 2 N–H and O–H groups in total. The number of carbonyl (C=O) groups excluding carboxylic acids is 1. The second-order valence-corrected chi connectivity index (χ2v) is 17.0. The Morgan fingerprint density at radius 3 is 2.29 bits per heavy atom. The molecule has 0 radical (unpaired) electrons. The molecule has 1 heterocycles. The lowest BCUT2D eigenvalue weighted by Gasteiger charge is -2.59. The molecule has 4 aromatic rings. The van der Waals surface area contributed by atoms with Crippen molar-refractivity contribution in [3.05, 3.63) is 139 Å². The van der Waals surface area contributed by atoms with Crippen LogP contribution in [0.15, 0.2) is 133 Å². The molecule has 346 valence electrons. The highest BCUT2D eigenvalue weighted by atomic mass is 16.7. The number of oxime groups is 1. The lowest BCUT2D eigenvalue weighted by molar-refractivity contribution is -0.255. The number of rotatable bonds is 24. The number of amides is 1. The van der Waals surface area contributed by atoms with Crippen LogP contribution in [-0.4, -0.2) is 84.9 Å². The number of hydrogen-bond acceptors (Lipinski definition) is 10. The van der Waals surface area contributed by atoms with Crippen molar-refractivity contribution in [2.24, 2.45) is 22.9 Å². The molecule has 1 saturated carbocycles. The Balaban J connectivity index is 1.31. The highest BCUT2D eigenvalue weighted by Crippen LogP contribution is 2.62. The van der Waals surface area contributed by atoms with Crippen molar-refractivity contribution in [1.29, 1.82) is 0 Å². The van der Waals surface area contributed by atoms with Crippen molar-refractivity contribution >= 4 is 11.8 Å². The maximum absolute atomic E-state index is 14.5. The van der Waals surface area contributed by atoms with Crippen LogP contribution in [-0.2, 0) is 25.7 Å². The molecule has 4 aromatic carbocycles. The molecule has 7 rings (SSSR count). The first-order valence-corrected chi connectivity index (χ1v) is 23.5. The van der Waals surface area contributed by atoms with Gasteiger partial charge < -0.3 is 38.7 Å². The van der Waals surface area contributed by atoms with Crippen LogP contribution in [0.2, 0.25) is 0 Å². The average Bonchev–Trinajstić information content (AvgIpc) is 3.34. The van der Waals surface area contributed by atoms with Gasteiger partial charge in [0, 0.05) is 37.7 Å². The Hall–Kier alpha value is -5.46. The van der Waals surface area contributed by atoms with Crippen LogP contribution in [0.3, 0.4) is 0 Å². The van der Waals surface area contributed by atoms with E-state index in [0.717, 1.165) is 59.2 Å². The van der Waals surface area contributed by atoms with Gasteiger partial charge in [-0.3, -0.25) is 4.90 Å². The number of unbranched alkanes of at least 4 members (excludes halogenated alkanes) is 2. The van der Waals surface area contributed by atoms with Gasteiger partial charge in [-0.2, -0.15) is 0 Å². The van der Waals surface area contributed by atoms with Gasteiger partial charge in [-0.15, -0.1) is 6.58 Å². The first-order chi connectivity index (χ1) is 31.9. The smallest absolute Gasteiger partial charge is 0.410 e. The van der Waals surface area contributed by atoms with Gasteiger partial charge in [-0.1, -0.05) is 110 Å². The molecule has 0 spiro atoms. The Bertz CT molecular complexity index is 2180. The molecular formula is C54H66N2O9. The summed E-state index contributed by atoms with van der Waals surface area (Å²) in [6.07, 6.45) is 9.21. The van der Waals surface area contributed by atoms with E-state index in [1.165, 1.54) is 0 Å². The third kappa shape index (κ3) is 11.3. The van der Waals surface area contributed by atoms with Crippen molar-refractivity contribution < 1.29 is 43.5 Å². The zero-order chi connectivity index (χ0) is 45.4. The monoisotopic (exact) mass is 886 g/mol. The standard InChI is InChI=1S/C54H66N2O9/c1-4-29-56(53(59)61-34-33-60-38-39-17-9-7-10-18-39)50-37-48(55-63-6-3)46-35-42(21-13-15-30-57)45(22-14-16-31-58)51-47-36-44(27-28-49(47)65-54(50,52(46)51)62-32-5-2)64-43-25-23-41(24-26-43)40-19-11-8-12-20-40/h5,7-12,17-20,23-28,35-36,42,45,50-52,57-58H,2,4,6,13-16,21-22,29-34,37-38H2,1,3H3/t42-,45+,50-,51+,52+,54+/m0/s1. The zero-order valence-corrected chi connectivity index (χ0v) is 38.0.